The molecule has 0 amide bonds. The molecule has 1 aliphatic heterocycles. The molecule has 2 N–H and O–H groups in total. The third kappa shape index (κ3) is 2.80. The van der Waals surface area contributed by atoms with Crippen LogP contribution in [0.25, 0.3) is 0 Å². The summed E-state index contributed by atoms with van der Waals surface area (Å²) in [7, 11) is -3.91. The minimum absolute atomic E-state index is 0. The molecule has 1 saturated heterocycles. The fourth-order valence-electron chi connectivity index (χ4n) is 1.80. The van der Waals surface area contributed by atoms with Crippen LogP contribution in [0, 0.1) is 11.6 Å². The SMILES string of the molecule is Cl.N[C@H]1CCN(S(=O)(=O)c2ccc(F)cc2F)C1. The van der Waals surface area contributed by atoms with Gasteiger partial charge < -0.3 is 5.73 Å². The summed E-state index contributed by atoms with van der Waals surface area (Å²) in [5.41, 5.74) is 5.60. The van der Waals surface area contributed by atoms with Gasteiger partial charge in [-0.3, -0.25) is 0 Å². The van der Waals surface area contributed by atoms with Gasteiger partial charge in [0, 0.05) is 25.2 Å². The Hall–Kier alpha value is -0.760. The van der Waals surface area contributed by atoms with E-state index in [0.717, 1.165) is 16.4 Å². The molecule has 4 nitrogen and oxygen atoms in total. The molecular formula is C10H13ClF2N2O2S. The second-order valence-corrected chi connectivity index (χ2v) is 5.89. The predicted octanol–water partition coefficient (Wildman–Crippen LogP) is 1.11. The van der Waals surface area contributed by atoms with Gasteiger partial charge in [0.05, 0.1) is 0 Å². The molecule has 0 spiro atoms. The van der Waals surface area contributed by atoms with E-state index in [2.05, 4.69) is 0 Å². The van der Waals surface area contributed by atoms with Crippen LogP contribution in [0.2, 0.25) is 0 Å². The van der Waals surface area contributed by atoms with Crippen LogP contribution in [-0.4, -0.2) is 31.9 Å². The smallest absolute Gasteiger partial charge is 0.246 e. The Morgan fingerprint density at radius 1 is 1.33 bits per heavy atom. The van der Waals surface area contributed by atoms with E-state index in [1.807, 2.05) is 0 Å². The number of hydrogen-bond donors (Lipinski definition) is 1. The molecule has 8 heteroatoms. The minimum Gasteiger partial charge on any atom is -0.326 e. The number of hydrogen-bond acceptors (Lipinski definition) is 3. The third-order valence-corrected chi connectivity index (χ3v) is 4.60. The average molecular weight is 299 g/mol. The van der Waals surface area contributed by atoms with Crippen LogP contribution in [-0.2, 0) is 10.0 Å². The van der Waals surface area contributed by atoms with Crippen molar-refractivity contribution in [3.8, 4) is 0 Å². The zero-order chi connectivity index (χ0) is 12.6. The molecule has 0 bridgehead atoms. The van der Waals surface area contributed by atoms with Crippen LogP contribution in [0.1, 0.15) is 6.42 Å². The summed E-state index contributed by atoms with van der Waals surface area (Å²) < 4.78 is 51.3. The molecule has 0 aromatic heterocycles. The molecule has 0 aliphatic carbocycles. The Bertz CT molecular complexity index is 539. The van der Waals surface area contributed by atoms with Crippen molar-refractivity contribution < 1.29 is 17.2 Å². The lowest BCUT2D eigenvalue weighted by molar-refractivity contribution is 0.464. The number of halogens is 3. The monoisotopic (exact) mass is 298 g/mol. The van der Waals surface area contributed by atoms with E-state index < -0.39 is 26.6 Å². The molecule has 1 fully saturated rings. The van der Waals surface area contributed by atoms with Gasteiger partial charge in [0.1, 0.15) is 16.5 Å². The number of rotatable bonds is 2. The fourth-order valence-corrected chi connectivity index (χ4v) is 3.35. The van der Waals surface area contributed by atoms with E-state index in [0.29, 0.717) is 12.5 Å². The Morgan fingerprint density at radius 2 is 2.00 bits per heavy atom. The van der Waals surface area contributed by atoms with Crippen molar-refractivity contribution in [1.82, 2.24) is 4.31 Å². The third-order valence-electron chi connectivity index (χ3n) is 2.70. The summed E-state index contributed by atoms with van der Waals surface area (Å²) in [6, 6.07) is 2.19. The lowest BCUT2D eigenvalue weighted by Gasteiger charge is -2.16. The molecule has 1 aromatic carbocycles. The first-order chi connectivity index (χ1) is 7.91. The van der Waals surface area contributed by atoms with Crippen molar-refractivity contribution in [2.45, 2.75) is 17.4 Å². The van der Waals surface area contributed by atoms with E-state index in [1.54, 1.807) is 0 Å². The van der Waals surface area contributed by atoms with Gasteiger partial charge in [-0.1, -0.05) is 0 Å². The first-order valence-electron chi connectivity index (χ1n) is 5.12. The molecule has 1 heterocycles. The van der Waals surface area contributed by atoms with Crippen molar-refractivity contribution in [2.75, 3.05) is 13.1 Å². The average Bonchev–Trinajstić information content (AvgIpc) is 2.64. The zero-order valence-corrected chi connectivity index (χ0v) is 11.0. The predicted molar refractivity (Wildman–Crippen MR) is 65.0 cm³/mol. The highest BCUT2D eigenvalue weighted by molar-refractivity contribution is 7.89. The molecule has 2 rings (SSSR count). The Morgan fingerprint density at radius 3 is 2.50 bits per heavy atom. The lowest BCUT2D eigenvalue weighted by Crippen LogP contribution is -2.32. The van der Waals surface area contributed by atoms with E-state index in [1.165, 1.54) is 0 Å². The molecule has 0 radical (unpaired) electrons. The first kappa shape index (κ1) is 15.3. The highest BCUT2D eigenvalue weighted by Crippen LogP contribution is 2.23. The van der Waals surface area contributed by atoms with Crippen LogP contribution < -0.4 is 5.73 Å². The quantitative estimate of drug-likeness (QED) is 0.889. The van der Waals surface area contributed by atoms with Crippen LogP contribution in [0.15, 0.2) is 23.1 Å². The van der Waals surface area contributed by atoms with Crippen molar-refractivity contribution >= 4 is 22.4 Å². The maximum atomic E-state index is 13.4. The fraction of sp³-hybridized carbons (Fsp3) is 0.400. The summed E-state index contributed by atoms with van der Waals surface area (Å²) in [6.45, 7) is 0.430. The Labute approximate surface area is 110 Å². The Balaban J connectivity index is 0.00000162. The minimum atomic E-state index is -3.91. The van der Waals surface area contributed by atoms with E-state index in [9.17, 15) is 17.2 Å². The molecule has 18 heavy (non-hydrogen) atoms. The second-order valence-electron chi connectivity index (χ2n) is 3.99. The zero-order valence-electron chi connectivity index (χ0n) is 9.34. The van der Waals surface area contributed by atoms with Gasteiger partial charge in [0.2, 0.25) is 10.0 Å². The molecule has 1 aromatic rings. The van der Waals surface area contributed by atoms with Gasteiger partial charge in [0.15, 0.2) is 0 Å². The lowest BCUT2D eigenvalue weighted by atomic mass is 10.3. The maximum Gasteiger partial charge on any atom is 0.246 e. The summed E-state index contributed by atoms with van der Waals surface area (Å²) in [6.07, 6.45) is 0.544. The number of nitrogens with zero attached hydrogens (tertiary/aromatic N) is 1. The molecular weight excluding hydrogens is 286 g/mol. The van der Waals surface area contributed by atoms with E-state index in [4.69, 9.17) is 5.73 Å². The molecule has 0 unspecified atom stereocenters. The number of nitrogens with two attached hydrogens (primary N) is 1. The van der Waals surface area contributed by atoms with Gasteiger partial charge in [0.25, 0.3) is 0 Å². The largest absolute Gasteiger partial charge is 0.326 e. The Kier molecular flexibility index (Phi) is 4.66. The van der Waals surface area contributed by atoms with Gasteiger partial charge in [-0.05, 0) is 18.6 Å². The van der Waals surface area contributed by atoms with Gasteiger partial charge >= 0.3 is 0 Å². The molecule has 1 atom stereocenters. The summed E-state index contributed by atoms with van der Waals surface area (Å²) in [5.74, 6) is -1.88. The van der Waals surface area contributed by atoms with Crippen LogP contribution >= 0.6 is 12.4 Å². The maximum absolute atomic E-state index is 13.4. The van der Waals surface area contributed by atoms with Crippen molar-refractivity contribution in [3.63, 3.8) is 0 Å². The standard InChI is InChI=1S/C10H12F2N2O2S.ClH/c11-7-1-2-10(9(12)5-7)17(15,16)14-4-3-8(13)6-14;/h1-2,5,8H,3-4,6,13H2;1H/t8-;/m0./s1. The normalized spacial score (nSPS) is 20.7. The van der Waals surface area contributed by atoms with Crippen LogP contribution in [0.3, 0.4) is 0 Å². The second kappa shape index (κ2) is 5.48. The van der Waals surface area contributed by atoms with Gasteiger partial charge in [-0.15, -0.1) is 12.4 Å². The summed E-state index contributed by atoms with van der Waals surface area (Å²) in [4.78, 5) is -0.506. The molecule has 1 aliphatic rings. The first-order valence-corrected chi connectivity index (χ1v) is 6.56. The van der Waals surface area contributed by atoms with E-state index in [-0.39, 0.29) is 31.5 Å². The highest BCUT2D eigenvalue weighted by Gasteiger charge is 2.32. The van der Waals surface area contributed by atoms with Gasteiger partial charge in [-0.25, -0.2) is 17.2 Å². The van der Waals surface area contributed by atoms with Crippen molar-refractivity contribution in [2.24, 2.45) is 5.73 Å². The molecule has 0 saturated carbocycles. The highest BCUT2D eigenvalue weighted by atomic mass is 35.5. The van der Waals surface area contributed by atoms with Crippen molar-refractivity contribution in [3.05, 3.63) is 29.8 Å². The van der Waals surface area contributed by atoms with Gasteiger partial charge in [-0.2, -0.15) is 4.31 Å². The van der Waals surface area contributed by atoms with Crippen molar-refractivity contribution in [1.29, 1.82) is 0 Å². The van der Waals surface area contributed by atoms with E-state index >= 15 is 0 Å². The molecule has 102 valence electrons. The summed E-state index contributed by atoms with van der Waals surface area (Å²) >= 11 is 0. The number of benzene rings is 1. The van der Waals surface area contributed by atoms with Crippen LogP contribution in [0.4, 0.5) is 8.78 Å². The topological polar surface area (TPSA) is 63.4 Å². The summed E-state index contributed by atoms with van der Waals surface area (Å²) in [5, 5.41) is 0. The number of sulfonamides is 1. The van der Waals surface area contributed by atoms with Crippen LogP contribution in [0.5, 0.6) is 0 Å².